The van der Waals surface area contributed by atoms with Crippen molar-refractivity contribution in [2.24, 2.45) is 11.3 Å². The monoisotopic (exact) mass is 277 g/mol. The summed E-state index contributed by atoms with van der Waals surface area (Å²) < 4.78 is 5.06. The Hall–Kier alpha value is -2.04. The van der Waals surface area contributed by atoms with Crippen molar-refractivity contribution in [2.75, 3.05) is 6.54 Å². The van der Waals surface area contributed by atoms with E-state index in [1.807, 2.05) is 37.3 Å². The summed E-state index contributed by atoms with van der Waals surface area (Å²) in [4.78, 5) is 22.8. The van der Waals surface area contributed by atoms with Gasteiger partial charge in [0.25, 0.3) is 0 Å². The van der Waals surface area contributed by atoms with E-state index in [9.17, 15) is 14.7 Å². The topological polar surface area (TPSA) is 75.6 Å². The van der Waals surface area contributed by atoms with Crippen molar-refractivity contribution in [3.05, 3.63) is 35.9 Å². The first-order chi connectivity index (χ1) is 9.52. The lowest BCUT2D eigenvalue weighted by Crippen LogP contribution is -2.50. The van der Waals surface area contributed by atoms with E-state index in [2.05, 4.69) is 5.32 Å². The van der Waals surface area contributed by atoms with E-state index in [1.165, 1.54) is 0 Å². The van der Waals surface area contributed by atoms with Gasteiger partial charge in [-0.3, -0.25) is 4.79 Å². The molecule has 1 aliphatic carbocycles. The molecular weight excluding hydrogens is 258 g/mol. The largest absolute Gasteiger partial charge is 0.481 e. The van der Waals surface area contributed by atoms with Gasteiger partial charge in [-0.2, -0.15) is 0 Å². The molecular formula is C15H19NO4. The molecule has 1 aromatic carbocycles. The Labute approximate surface area is 117 Å². The summed E-state index contributed by atoms with van der Waals surface area (Å²) in [5, 5.41) is 11.8. The van der Waals surface area contributed by atoms with E-state index < -0.39 is 17.5 Å². The fourth-order valence-electron chi connectivity index (χ4n) is 2.68. The van der Waals surface area contributed by atoms with Crippen LogP contribution in [0.4, 0.5) is 4.79 Å². The van der Waals surface area contributed by atoms with Gasteiger partial charge in [0.1, 0.15) is 6.61 Å². The van der Waals surface area contributed by atoms with Crippen LogP contribution in [-0.2, 0) is 16.1 Å². The molecule has 108 valence electrons. The molecule has 0 unspecified atom stereocenters. The number of hydrogen-bond acceptors (Lipinski definition) is 3. The SMILES string of the molecule is CC1CC(CNC(=O)OCc2ccccc2)(C(=O)O)C1. The molecule has 1 saturated carbocycles. The normalized spacial score (nSPS) is 24.6. The van der Waals surface area contributed by atoms with Crippen LogP contribution in [0, 0.1) is 11.3 Å². The molecule has 1 amide bonds. The lowest BCUT2D eigenvalue weighted by atomic mass is 9.62. The second-order valence-electron chi connectivity index (χ2n) is 5.51. The first-order valence-electron chi connectivity index (χ1n) is 6.70. The van der Waals surface area contributed by atoms with Crippen molar-refractivity contribution in [1.29, 1.82) is 0 Å². The zero-order valence-electron chi connectivity index (χ0n) is 11.5. The van der Waals surface area contributed by atoms with E-state index in [0.717, 1.165) is 5.56 Å². The molecule has 1 aromatic rings. The Balaban J connectivity index is 1.76. The minimum atomic E-state index is -0.848. The third-order valence-corrected chi connectivity index (χ3v) is 3.72. The first-order valence-corrected chi connectivity index (χ1v) is 6.70. The molecule has 0 saturated heterocycles. The minimum absolute atomic E-state index is 0.125. The van der Waals surface area contributed by atoms with Crippen LogP contribution in [0.5, 0.6) is 0 Å². The number of ether oxygens (including phenoxy) is 1. The maximum Gasteiger partial charge on any atom is 0.407 e. The number of hydrogen-bond donors (Lipinski definition) is 2. The average Bonchev–Trinajstić information content (AvgIpc) is 2.40. The van der Waals surface area contributed by atoms with E-state index in [-0.39, 0.29) is 13.2 Å². The van der Waals surface area contributed by atoms with Gasteiger partial charge in [-0.05, 0) is 24.3 Å². The van der Waals surface area contributed by atoms with Crippen molar-refractivity contribution >= 4 is 12.1 Å². The highest BCUT2D eigenvalue weighted by molar-refractivity contribution is 5.77. The molecule has 1 aliphatic rings. The van der Waals surface area contributed by atoms with Crippen LogP contribution in [0.15, 0.2) is 30.3 Å². The molecule has 0 radical (unpaired) electrons. The highest BCUT2D eigenvalue weighted by atomic mass is 16.5. The molecule has 0 aromatic heterocycles. The molecule has 0 aliphatic heterocycles. The van der Waals surface area contributed by atoms with Crippen molar-refractivity contribution in [3.63, 3.8) is 0 Å². The molecule has 2 rings (SSSR count). The second-order valence-corrected chi connectivity index (χ2v) is 5.51. The van der Waals surface area contributed by atoms with Crippen molar-refractivity contribution < 1.29 is 19.4 Å². The molecule has 5 nitrogen and oxygen atoms in total. The number of amides is 1. The summed E-state index contributed by atoms with van der Waals surface area (Å²) in [6.45, 7) is 2.32. The number of carboxylic acids is 1. The van der Waals surface area contributed by atoms with Gasteiger partial charge in [-0.1, -0.05) is 37.3 Å². The number of carboxylic acid groups (broad SMARTS) is 1. The van der Waals surface area contributed by atoms with Crippen molar-refractivity contribution in [1.82, 2.24) is 5.32 Å². The van der Waals surface area contributed by atoms with Gasteiger partial charge in [-0.15, -0.1) is 0 Å². The van der Waals surface area contributed by atoms with Gasteiger partial charge in [0.2, 0.25) is 0 Å². The molecule has 0 heterocycles. The van der Waals surface area contributed by atoms with E-state index in [4.69, 9.17) is 4.74 Å². The molecule has 5 heteroatoms. The van der Waals surface area contributed by atoms with Gasteiger partial charge in [0.05, 0.1) is 5.41 Å². The predicted molar refractivity (Wildman–Crippen MR) is 73.1 cm³/mol. The van der Waals surface area contributed by atoms with Crippen LogP contribution >= 0.6 is 0 Å². The maximum absolute atomic E-state index is 11.6. The molecule has 20 heavy (non-hydrogen) atoms. The van der Waals surface area contributed by atoms with Crippen LogP contribution in [0.25, 0.3) is 0 Å². The first kappa shape index (κ1) is 14.4. The van der Waals surface area contributed by atoms with Crippen LogP contribution in [0.2, 0.25) is 0 Å². The smallest absolute Gasteiger partial charge is 0.407 e. The van der Waals surface area contributed by atoms with E-state index >= 15 is 0 Å². The summed E-state index contributed by atoms with van der Waals surface area (Å²) in [6.07, 6.45) is 0.622. The average molecular weight is 277 g/mol. The maximum atomic E-state index is 11.6. The Kier molecular flexibility index (Phi) is 4.27. The van der Waals surface area contributed by atoms with Gasteiger partial charge in [-0.25, -0.2) is 4.79 Å². The van der Waals surface area contributed by atoms with Crippen LogP contribution < -0.4 is 5.32 Å². The van der Waals surface area contributed by atoms with Crippen molar-refractivity contribution in [3.8, 4) is 0 Å². The quantitative estimate of drug-likeness (QED) is 0.866. The summed E-state index contributed by atoms with van der Waals surface area (Å²) in [7, 11) is 0. The fourth-order valence-corrected chi connectivity index (χ4v) is 2.68. The lowest BCUT2D eigenvalue weighted by Gasteiger charge is -2.42. The molecule has 0 atom stereocenters. The second kappa shape index (κ2) is 5.94. The van der Waals surface area contributed by atoms with Gasteiger partial charge >= 0.3 is 12.1 Å². The third-order valence-electron chi connectivity index (χ3n) is 3.72. The molecule has 2 N–H and O–H groups in total. The number of alkyl carbamates (subject to hydrolysis) is 1. The zero-order valence-corrected chi connectivity index (χ0v) is 11.5. The molecule has 1 fully saturated rings. The van der Waals surface area contributed by atoms with Gasteiger partial charge in [0, 0.05) is 6.54 Å². The van der Waals surface area contributed by atoms with Crippen LogP contribution in [-0.4, -0.2) is 23.7 Å². The van der Waals surface area contributed by atoms with Crippen LogP contribution in [0.1, 0.15) is 25.3 Å². The van der Waals surface area contributed by atoms with Crippen molar-refractivity contribution in [2.45, 2.75) is 26.4 Å². The Morgan fingerprint density at radius 3 is 2.55 bits per heavy atom. The Morgan fingerprint density at radius 1 is 1.35 bits per heavy atom. The Bertz CT molecular complexity index is 480. The third kappa shape index (κ3) is 3.29. The van der Waals surface area contributed by atoms with Crippen LogP contribution in [0.3, 0.4) is 0 Å². The van der Waals surface area contributed by atoms with E-state index in [0.29, 0.717) is 18.8 Å². The lowest BCUT2D eigenvalue weighted by molar-refractivity contribution is -0.157. The fraction of sp³-hybridized carbons (Fsp3) is 0.467. The Morgan fingerprint density at radius 2 is 2.00 bits per heavy atom. The number of carbonyl (C=O) groups excluding carboxylic acids is 1. The number of carbonyl (C=O) groups is 2. The number of rotatable bonds is 5. The summed E-state index contributed by atoms with van der Waals surface area (Å²) in [6, 6.07) is 9.34. The summed E-state index contributed by atoms with van der Waals surface area (Å²) in [5.74, 6) is -0.452. The zero-order chi connectivity index (χ0) is 14.6. The van der Waals surface area contributed by atoms with E-state index in [1.54, 1.807) is 0 Å². The summed E-state index contributed by atoms with van der Waals surface area (Å²) >= 11 is 0. The van der Waals surface area contributed by atoms with Gasteiger partial charge < -0.3 is 15.2 Å². The standard InChI is InChI=1S/C15H19NO4/c1-11-7-15(8-11,13(17)18)10-16-14(19)20-9-12-5-3-2-4-6-12/h2-6,11H,7-10H2,1H3,(H,16,19)(H,17,18). The molecule has 0 bridgehead atoms. The highest BCUT2D eigenvalue weighted by Crippen LogP contribution is 2.45. The predicted octanol–water partition coefficient (Wildman–Crippen LogP) is 2.41. The molecule has 0 spiro atoms. The summed E-state index contributed by atoms with van der Waals surface area (Å²) in [5.41, 5.74) is 0.0819. The number of nitrogens with one attached hydrogen (secondary N) is 1. The van der Waals surface area contributed by atoms with Gasteiger partial charge in [0.15, 0.2) is 0 Å². The highest BCUT2D eigenvalue weighted by Gasteiger charge is 2.48. The number of benzene rings is 1. The number of aliphatic carboxylic acids is 1. The minimum Gasteiger partial charge on any atom is -0.481 e.